The van der Waals surface area contributed by atoms with Crippen LogP contribution < -0.4 is 4.73 Å². The molecule has 0 saturated carbocycles. The van der Waals surface area contributed by atoms with Gasteiger partial charge >= 0.3 is 11.9 Å². The van der Waals surface area contributed by atoms with Crippen LogP contribution in [0.15, 0.2) is 24.0 Å². The third-order valence-electron chi connectivity index (χ3n) is 2.43. The number of pyridine rings is 1. The van der Waals surface area contributed by atoms with E-state index in [0.717, 1.165) is 24.5 Å². The van der Waals surface area contributed by atoms with E-state index in [2.05, 4.69) is 0 Å². The Hall–Kier alpha value is -2.97. The van der Waals surface area contributed by atoms with E-state index in [-0.39, 0.29) is 18.8 Å². The van der Waals surface area contributed by atoms with E-state index < -0.39 is 28.1 Å². The molecule has 0 N–H and O–H groups in total. The zero-order chi connectivity index (χ0) is 16.7. The van der Waals surface area contributed by atoms with Crippen molar-refractivity contribution in [2.45, 2.75) is 13.8 Å². The number of carbonyl (C=O) groups excluding carboxylic acids is 2. The highest BCUT2D eigenvalue weighted by atomic mass is 16.6. The van der Waals surface area contributed by atoms with Crippen LogP contribution in [-0.2, 0) is 19.1 Å². The molecule has 1 heterocycles. The lowest BCUT2D eigenvalue weighted by molar-refractivity contribution is -0.606. The van der Waals surface area contributed by atoms with Gasteiger partial charge in [-0.3, -0.25) is 10.1 Å². The largest absolute Gasteiger partial charge is 0.619 e. The molecular weight excluding hydrogens is 296 g/mol. The molecule has 9 nitrogen and oxygen atoms in total. The molecule has 0 atom stereocenters. The molecule has 0 spiro atoms. The molecule has 1 aromatic heterocycles. The molecule has 0 radical (unpaired) electrons. The van der Waals surface area contributed by atoms with Gasteiger partial charge in [0.15, 0.2) is 12.4 Å². The molecule has 0 aliphatic heterocycles. The van der Waals surface area contributed by atoms with Gasteiger partial charge in [0.05, 0.1) is 24.2 Å². The average molecular weight is 310 g/mol. The third-order valence-corrected chi connectivity index (χ3v) is 2.43. The van der Waals surface area contributed by atoms with Crippen LogP contribution in [0, 0.1) is 15.3 Å². The standard InChI is InChI=1S/C13H14N2O7/c1-3-21-12(16)10(13(17)22-4-2)7-9-8-14(18)6-5-11(9)15(19)20/h5-8H,3-4H2,1-2H3. The van der Waals surface area contributed by atoms with Crippen molar-refractivity contribution < 1.29 is 28.7 Å². The van der Waals surface area contributed by atoms with Crippen LogP contribution in [0.2, 0.25) is 0 Å². The molecular formula is C13H14N2O7. The predicted octanol–water partition coefficient (Wildman–Crippen LogP) is 0.738. The second-order valence-electron chi connectivity index (χ2n) is 3.90. The summed E-state index contributed by atoms with van der Waals surface area (Å²) < 4.78 is 9.74. The van der Waals surface area contributed by atoms with Gasteiger partial charge in [0.25, 0.3) is 5.69 Å². The normalized spacial score (nSPS) is 9.73. The summed E-state index contributed by atoms with van der Waals surface area (Å²) in [5.74, 6) is -1.98. The summed E-state index contributed by atoms with van der Waals surface area (Å²) >= 11 is 0. The molecule has 1 aromatic rings. The maximum absolute atomic E-state index is 11.8. The predicted molar refractivity (Wildman–Crippen MR) is 73.3 cm³/mol. The molecule has 118 valence electrons. The molecule has 0 amide bonds. The van der Waals surface area contributed by atoms with Gasteiger partial charge in [0.1, 0.15) is 11.1 Å². The summed E-state index contributed by atoms with van der Waals surface area (Å²) in [6, 6.07) is 0.965. The van der Waals surface area contributed by atoms with Crippen molar-refractivity contribution >= 4 is 23.7 Å². The molecule has 0 aliphatic rings. The summed E-state index contributed by atoms with van der Waals surface area (Å²) in [7, 11) is 0. The van der Waals surface area contributed by atoms with E-state index in [1.54, 1.807) is 0 Å². The first-order valence-electron chi connectivity index (χ1n) is 6.33. The van der Waals surface area contributed by atoms with Crippen molar-refractivity contribution in [1.29, 1.82) is 0 Å². The number of carbonyl (C=O) groups is 2. The minimum absolute atomic E-state index is 0.00795. The van der Waals surface area contributed by atoms with Crippen LogP contribution >= 0.6 is 0 Å². The smallest absolute Gasteiger partial charge is 0.345 e. The number of nitro groups is 1. The lowest BCUT2D eigenvalue weighted by atomic mass is 10.1. The number of hydrogen-bond acceptors (Lipinski definition) is 7. The molecule has 1 rings (SSSR count). The maximum atomic E-state index is 11.8. The molecule has 0 fully saturated rings. The van der Waals surface area contributed by atoms with Crippen LogP contribution in [0.4, 0.5) is 5.69 Å². The number of hydrogen-bond donors (Lipinski definition) is 0. The van der Waals surface area contributed by atoms with Gasteiger partial charge in [-0.2, -0.15) is 4.73 Å². The van der Waals surface area contributed by atoms with E-state index >= 15 is 0 Å². The molecule has 0 aliphatic carbocycles. The van der Waals surface area contributed by atoms with E-state index in [9.17, 15) is 24.9 Å². The van der Waals surface area contributed by atoms with Crippen molar-refractivity contribution in [3.8, 4) is 0 Å². The van der Waals surface area contributed by atoms with Crippen LogP contribution in [0.3, 0.4) is 0 Å². The SMILES string of the molecule is CCOC(=O)C(=Cc1c[n+]([O-])ccc1[N+](=O)[O-])C(=O)OCC. The molecule has 9 heteroatoms. The Morgan fingerprint density at radius 1 is 1.27 bits per heavy atom. The average Bonchev–Trinajstić information content (AvgIpc) is 2.44. The number of esters is 2. The van der Waals surface area contributed by atoms with Crippen molar-refractivity contribution in [2.24, 2.45) is 0 Å². The topological polar surface area (TPSA) is 123 Å². The van der Waals surface area contributed by atoms with Crippen molar-refractivity contribution in [3.05, 3.63) is 44.9 Å². The minimum atomic E-state index is -0.989. The Labute approximate surface area is 125 Å². The van der Waals surface area contributed by atoms with Crippen LogP contribution in [0.1, 0.15) is 19.4 Å². The van der Waals surface area contributed by atoms with Gasteiger partial charge in [0, 0.05) is 0 Å². The zero-order valence-electron chi connectivity index (χ0n) is 12.0. The highest BCUT2D eigenvalue weighted by molar-refractivity contribution is 6.17. The third kappa shape index (κ3) is 4.27. The summed E-state index contributed by atoms with van der Waals surface area (Å²) in [4.78, 5) is 33.8. The first kappa shape index (κ1) is 17.1. The Morgan fingerprint density at radius 3 is 2.27 bits per heavy atom. The number of aromatic nitrogens is 1. The summed E-state index contributed by atoms with van der Waals surface area (Å²) in [5.41, 5.74) is -1.17. The Balaban J connectivity index is 3.38. The Morgan fingerprint density at radius 2 is 1.82 bits per heavy atom. The summed E-state index contributed by atoms with van der Waals surface area (Å²) in [6.45, 7) is 3.09. The Kier molecular flexibility index (Phi) is 5.99. The van der Waals surface area contributed by atoms with Gasteiger partial charge in [0.2, 0.25) is 0 Å². The van der Waals surface area contributed by atoms with Crippen LogP contribution in [-0.4, -0.2) is 30.1 Å². The van der Waals surface area contributed by atoms with Crippen LogP contribution in [0.5, 0.6) is 0 Å². The maximum Gasteiger partial charge on any atom is 0.345 e. The van der Waals surface area contributed by atoms with E-state index in [1.165, 1.54) is 13.8 Å². The number of nitrogens with zero attached hydrogens (tertiary/aromatic N) is 2. The van der Waals surface area contributed by atoms with Crippen molar-refractivity contribution in [1.82, 2.24) is 0 Å². The van der Waals surface area contributed by atoms with E-state index in [0.29, 0.717) is 4.73 Å². The highest BCUT2D eigenvalue weighted by Gasteiger charge is 2.24. The van der Waals surface area contributed by atoms with Crippen molar-refractivity contribution in [2.75, 3.05) is 13.2 Å². The number of rotatable bonds is 6. The fraction of sp³-hybridized carbons (Fsp3) is 0.308. The van der Waals surface area contributed by atoms with Gasteiger partial charge in [-0.15, -0.1) is 0 Å². The molecule has 0 aromatic carbocycles. The first-order chi connectivity index (χ1) is 10.4. The molecule has 22 heavy (non-hydrogen) atoms. The fourth-order valence-electron chi connectivity index (χ4n) is 1.54. The van der Waals surface area contributed by atoms with Gasteiger partial charge in [-0.05, 0) is 19.9 Å². The van der Waals surface area contributed by atoms with Gasteiger partial charge in [-0.1, -0.05) is 0 Å². The molecule has 0 bridgehead atoms. The summed E-state index contributed by atoms with van der Waals surface area (Å²) in [5, 5.41) is 22.2. The second-order valence-corrected chi connectivity index (χ2v) is 3.90. The monoisotopic (exact) mass is 310 g/mol. The molecule has 0 unspecified atom stereocenters. The van der Waals surface area contributed by atoms with Gasteiger partial charge < -0.3 is 14.7 Å². The van der Waals surface area contributed by atoms with Gasteiger partial charge in [-0.25, -0.2) is 9.59 Å². The first-order valence-corrected chi connectivity index (χ1v) is 6.33. The minimum Gasteiger partial charge on any atom is -0.619 e. The lowest BCUT2D eigenvalue weighted by Crippen LogP contribution is -2.25. The van der Waals surface area contributed by atoms with E-state index in [4.69, 9.17) is 9.47 Å². The quantitative estimate of drug-likeness (QED) is 0.111. The Bertz CT molecular complexity index is 605. The zero-order valence-corrected chi connectivity index (χ0v) is 12.0. The molecule has 0 saturated heterocycles. The van der Waals surface area contributed by atoms with Crippen molar-refractivity contribution in [3.63, 3.8) is 0 Å². The highest BCUT2D eigenvalue weighted by Crippen LogP contribution is 2.20. The summed E-state index contributed by atoms with van der Waals surface area (Å²) in [6.07, 6.45) is 2.71. The fourth-order valence-corrected chi connectivity index (χ4v) is 1.54. The van der Waals surface area contributed by atoms with E-state index in [1.807, 2.05) is 0 Å². The second kappa shape index (κ2) is 7.72. The van der Waals surface area contributed by atoms with Crippen LogP contribution in [0.25, 0.3) is 6.08 Å². The lowest BCUT2D eigenvalue weighted by Gasteiger charge is -2.06. The number of ether oxygens (including phenoxy) is 2.